The van der Waals surface area contributed by atoms with Gasteiger partial charge in [-0.2, -0.15) is 0 Å². The summed E-state index contributed by atoms with van der Waals surface area (Å²) in [5, 5.41) is 0. The molecule has 0 radical (unpaired) electrons. The molecule has 0 saturated carbocycles. The molecule has 0 amide bonds. The molecule has 19 heavy (non-hydrogen) atoms. The van der Waals surface area contributed by atoms with Gasteiger partial charge in [-0.05, 0) is 41.8 Å². The molecule has 0 unspecified atom stereocenters. The lowest BCUT2D eigenvalue weighted by molar-refractivity contribution is 0.413. The van der Waals surface area contributed by atoms with Crippen molar-refractivity contribution in [3.8, 4) is 11.5 Å². The van der Waals surface area contributed by atoms with Gasteiger partial charge in [0.05, 0.1) is 14.2 Å². The zero-order chi connectivity index (χ0) is 13.7. The van der Waals surface area contributed by atoms with Crippen LogP contribution in [0.15, 0.2) is 48.5 Å². The monoisotopic (exact) mass is 257 g/mol. The molecule has 2 N–H and O–H groups in total. The van der Waals surface area contributed by atoms with Crippen molar-refractivity contribution in [2.45, 2.75) is 12.5 Å². The third kappa shape index (κ3) is 3.48. The quantitative estimate of drug-likeness (QED) is 0.895. The second-order valence-corrected chi connectivity index (χ2v) is 4.44. The van der Waals surface area contributed by atoms with Gasteiger partial charge in [-0.15, -0.1) is 0 Å². The van der Waals surface area contributed by atoms with E-state index in [9.17, 15) is 0 Å². The van der Waals surface area contributed by atoms with Crippen molar-refractivity contribution >= 4 is 0 Å². The summed E-state index contributed by atoms with van der Waals surface area (Å²) in [4.78, 5) is 0. The lowest BCUT2D eigenvalue weighted by Crippen LogP contribution is -2.13. The van der Waals surface area contributed by atoms with Crippen LogP contribution in [0.5, 0.6) is 11.5 Å². The molecule has 2 rings (SSSR count). The van der Waals surface area contributed by atoms with Crippen molar-refractivity contribution in [1.29, 1.82) is 0 Å². The van der Waals surface area contributed by atoms with Crippen LogP contribution in [0.2, 0.25) is 0 Å². The van der Waals surface area contributed by atoms with Crippen molar-refractivity contribution in [2.75, 3.05) is 14.2 Å². The summed E-state index contributed by atoms with van der Waals surface area (Å²) in [5.41, 5.74) is 8.50. The Bertz CT molecular complexity index is 523. The van der Waals surface area contributed by atoms with Crippen LogP contribution >= 0.6 is 0 Å². The highest BCUT2D eigenvalue weighted by Crippen LogP contribution is 2.21. The highest BCUT2D eigenvalue weighted by atomic mass is 16.5. The summed E-state index contributed by atoms with van der Waals surface area (Å²) >= 11 is 0. The molecule has 0 fully saturated rings. The Hall–Kier alpha value is -2.00. The van der Waals surface area contributed by atoms with E-state index >= 15 is 0 Å². The Morgan fingerprint density at radius 2 is 1.63 bits per heavy atom. The minimum absolute atomic E-state index is 0.0384. The summed E-state index contributed by atoms with van der Waals surface area (Å²) in [6.45, 7) is 0. The molecule has 2 aromatic rings. The van der Waals surface area contributed by atoms with Gasteiger partial charge in [0.15, 0.2) is 0 Å². The van der Waals surface area contributed by atoms with Crippen LogP contribution in [-0.4, -0.2) is 14.2 Å². The predicted molar refractivity (Wildman–Crippen MR) is 76.6 cm³/mol. The molecule has 3 heteroatoms. The molecule has 0 aliphatic carbocycles. The normalized spacial score (nSPS) is 11.9. The predicted octanol–water partition coefficient (Wildman–Crippen LogP) is 2.95. The van der Waals surface area contributed by atoms with Crippen LogP contribution in [-0.2, 0) is 6.42 Å². The number of benzene rings is 2. The van der Waals surface area contributed by atoms with E-state index in [-0.39, 0.29) is 6.04 Å². The van der Waals surface area contributed by atoms with Gasteiger partial charge in [-0.1, -0.05) is 24.3 Å². The van der Waals surface area contributed by atoms with Crippen LogP contribution in [0.25, 0.3) is 0 Å². The smallest absolute Gasteiger partial charge is 0.119 e. The second kappa shape index (κ2) is 6.25. The summed E-state index contributed by atoms with van der Waals surface area (Å²) in [7, 11) is 3.32. The van der Waals surface area contributed by atoms with Crippen molar-refractivity contribution in [3.63, 3.8) is 0 Å². The van der Waals surface area contributed by atoms with Crippen LogP contribution in [0.4, 0.5) is 0 Å². The average molecular weight is 257 g/mol. The van der Waals surface area contributed by atoms with Crippen molar-refractivity contribution in [2.24, 2.45) is 5.73 Å². The highest BCUT2D eigenvalue weighted by Gasteiger charge is 2.08. The summed E-state index contributed by atoms with van der Waals surface area (Å²) in [5.74, 6) is 1.70. The van der Waals surface area contributed by atoms with E-state index in [0.29, 0.717) is 0 Å². The van der Waals surface area contributed by atoms with Gasteiger partial charge in [0.25, 0.3) is 0 Å². The third-order valence-electron chi connectivity index (χ3n) is 3.14. The molecule has 0 heterocycles. The summed E-state index contributed by atoms with van der Waals surface area (Å²) < 4.78 is 10.4. The number of hydrogen-bond donors (Lipinski definition) is 1. The number of methoxy groups -OCH3 is 2. The van der Waals surface area contributed by atoms with Crippen LogP contribution < -0.4 is 15.2 Å². The first-order valence-electron chi connectivity index (χ1n) is 6.25. The maximum atomic E-state index is 6.23. The van der Waals surface area contributed by atoms with Crippen LogP contribution in [0.3, 0.4) is 0 Å². The van der Waals surface area contributed by atoms with Gasteiger partial charge in [0.2, 0.25) is 0 Å². The Kier molecular flexibility index (Phi) is 4.42. The summed E-state index contributed by atoms with van der Waals surface area (Å²) in [6.07, 6.45) is 0.789. The van der Waals surface area contributed by atoms with Crippen LogP contribution in [0.1, 0.15) is 17.2 Å². The fourth-order valence-corrected chi connectivity index (χ4v) is 2.01. The Labute approximate surface area is 114 Å². The Balaban J connectivity index is 2.08. The Morgan fingerprint density at radius 3 is 2.26 bits per heavy atom. The molecular weight excluding hydrogens is 238 g/mol. The van der Waals surface area contributed by atoms with Gasteiger partial charge in [0, 0.05) is 6.04 Å². The fourth-order valence-electron chi connectivity index (χ4n) is 2.01. The third-order valence-corrected chi connectivity index (χ3v) is 3.14. The largest absolute Gasteiger partial charge is 0.497 e. The van der Waals surface area contributed by atoms with E-state index in [2.05, 4.69) is 0 Å². The van der Waals surface area contributed by atoms with E-state index in [1.54, 1.807) is 14.2 Å². The minimum Gasteiger partial charge on any atom is -0.497 e. The fraction of sp³-hybridized carbons (Fsp3) is 0.250. The first-order chi connectivity index (χ1) is 9.22. The molecule has 0 saturated heterocycles. The first kappa shape index (κ1) is 13.4. The lowest BCUT2D eigenvalue weighted by atomic mass is 9.99. The van der Waals surface area contributed by atoms with E-state index in [4.69, 9.17) is 15.2 Å². The molecule has 0 aliphatic heterocycles. The van der Waals surface area contributed by atoms with Gasteiger partial charge in [0.1, 0.15) is 11.5 Å². The molecule has 1 atom stereocenters. The highest BCUT2D eigenvalue weighted by molar-refractivity contribution is 5.33. The number of rotatable bonds is 5. The molecule has 2 aromatic carbocycles. The number of hydrogen-bond acceptors (Lipinski definition) is 3. The lowest BCUT2D eigenvalue weighted by Gasteiger charge is -2.13. The Morgan fingerprint density at radius 1 is 0.947 bits per heavy atom. The van der Waals surface area contributed by atoms with E-state index in [0.717, 1.165) is 23.5 Å². The van der Waals surface area contributed by atoms with E-state index < -0.39 is 0 Å². The molecule has 0 aromatic heterocycles. The molecular formula is C16H19NO2. The molecule has 0 bridgehead atoms. The van der Waals surface area contributed by atoms with Gasteiger partial charge in [-0.3, -0.25) is 0 Å². The van der Waals surface area contributed by atoms with Crippen molar-refractivity contribution in [1.82, 2.24) is 0 Å². The van der Waals surface area contributed by atoms with Gasteiger partial charge >= 0.3 is 0 Å². The van der Waals surface area contributed by atoms with E-state index in [1.807, 2.05) is 48.5 Å². The molecule has 3 nitrogen and oxygen atoms in total. The zero-order valence-corrected chi connectivity index (χ0v) is 11.3. The molecule has 0 spiro atoms. The number of ether oxygens (including phenoxy) is 2. The first-order valence-corrected chi connectivity index (χ1v) is 6.25. The molecule has 0 aliphatic rings. The number of nitrogens with two attached hydrogens (primary N) is 1. The summed E-state index contributed by atoms with van der Waals surface area (Å²) in [6, 6.07) is 15.8. The van der Waals surface area contributed by atoms with Crippen LogP contribution in [0, 0.1) is 0 Å². The van der Waals surface area contributed by atoms with E-state index in [1.165, 1.54) is 5.56 Å². The van der Waals surface area contributed by atoms with Gasteiger partial charge < -0.3 is 15.2 Å². The SMILES string of the molecule is COc1ccc(C[C@H](N)c2cccc(OC)c2)cc1. The van der Waals surface area contributed by atoms with Crippen molar-refractivity contribution < 1.29 is 9.47 Å². The van der Waals surface area contributed by atoms with Crippen molar-refractivity contribution in [3.05, 3.63) is 59.7 Å². The second-order valence-electron chi connectivity index (χ2n) is 4.44. The zero-order valence-electron chi connectivity index (χ0n) is 11.3. The topological polar surface area (TPSA) is 44.5 Å². The maximum Gasteiger partial charge on any atom is 0.119 e. The van der Waals surface area contributed by atoms with Gasteiger partial charge in [-0.25, -0.2) is 0 Å². The average Bonchev–Trinajstić information content (AvgIpc) is 2.48. The standard InChI is InChI=1S/C16H19NO2/c1-18-14-8-6-12(7-9-14)10-16(17)13-4-3-5-15(11-13)19-2/h3-9,11,16H,10,17H2,1-2H3/t16-/m0/s1. The minimum atomic E-state index is -0.0384. The maximum absolute atomic E-state index is 6.23. The molecule has 100 valence electrons.